The summed E-state index contributed by atoms with van der Waals surface area (Å²) in [6.07, 6.45) is -3.15. The van der Waals surface area contributed by atoms with Crippen LogP contribution >= 0.6 is 11.8 Å². The fourth-order valence-electron chi connectivity index (χ4n) is 0.758. The van der Waals surface area contributed by atoms with Crippen molar-refractivity contribution in [2.24, 2.45) is 5.92 Å². The van der Waals surface area contributed by atoms with Crippen molar-refractivity contribution in [3.05, 3.63) is 12.0 Å². The minimum Gasteiger partial charge on any atom is -0.440 e. The van der Waals surface area contributed by atoms with Crippen molar-refractivity contribution in [2.45, 2.75) is 18.3 Å². The van der Waals surface area contributed by atoms with E-state index in [1.165, 1.54) is 12.3 Å². The Morgan fingerprint density at radius 2 is 2.33 bits per heavy atom. The Morgan fingerprint density at radius 3 is 2.73 bits per heavy atom. The fourth-order valence-corrected chi connectivity index (χ4v) is 1.66. The lowest BCUT2D eigenvalue weighted by Gasteiger charge is -2.10. The molecule has 1 aromatic rings. The van der Waals surface area contributed by atoms with Crippen molar-refractivity contribution < 1.29 is 17.6 Å². The Hall–Kier alpha value is -1.16. The predicted molar refractivity (Wildman–Crippen MR) is 47.1 cm³/mol. The summed E-state index contributed by atoms with van der Waals surface area (Å²) in [5.74, 6) is -2.39. The molecule has 3 nitrogen and oxygen atoms in total. The molecule has 0 aliphatic heterocycles. The van der Waals surface area contributed by atoms with E-state index in [4.69, 9.17) is 9.68 Å². The number of nitriles is 1. The van der Waals surface area contributed by atoms with Crippen molar-refractivity contribution in [3.8, 4) is 6.07 Å². The Morgan fingerprint density at radius 1 is 1.67 bits per heavy atom. The maximum Gasteiger partial charge on any atom is 0.405 e. The Bertz CT molecular complexity index is 369. The topological polar surface area (TPSA) is 49.8 Å². The van der Waals surface area contributed by atoms with Gasteiger partial charge in [0.25, 0.3) is 5.22 Å². The molecule has 1 rings (SSSR count). The molecule has 0 N–H and O–H groups in total. The fraction of sp³-hybridized carbons (Fsp3) is 0.500. The van der Waals surface area contributed by atoms with E-state index in [1.54, 1.807) is 6.92 Å². The van der Waals surface area contributed by atoms with Crippen LogP contribution in [0.15, 0.2) is 15.9 Å². The highest BCUT2D eigenvalue weighted by atomic mass is 32.2. The molecule has 0 saturated heterocycles. The predicted octanol–water partition coefficient (Wildman–Crippen LogP) is 2.78. The average Bonchev–Trinajstić information content (AvgIpc) is 2.50. The third kappa shape index (κ3) is 3.47. The van der Waals surface area contributed by atoms with Crippen LogP contribution < -0.4 is 0 Å². The lowest BCUT2D eigenvalue weighted by atomic mass is 10.2. The number of aryl methyl sites for hydroxylation is 1. The van der Waals surface area contributed by atoms with Crippen LogP contribution in [0.3, 0.4) is 0 Å². The van der Waals surface area contributed by atoms with Gasteiger partial charge < -0.3 is 4.42 Å². The van der Waals surface area contributed by atoms with Crippen molar-refractivity contribution >= 4 is 11.8 Å². The number of nitrogens with zero attached hydrogens (tertiary/aromatic N) is 2. The number of hydrogen-bond acceptors (Lipinski definition) is 4. The first-order chi connectivity index (χ1) is 6.93. The van der Waals surface area contributed by atoms with E-state index < -0.39 is 17.8 Å². The standard InChI is InChI=1S/C8H7F3N2OS/c1-5-3-14-7(13-5)15-4-6(2-12)8(9,10)11/h3,6H,4H2,1H3. The van der Waals surface area contributed by atoms with Crippen molar-refractivity contribution in [2.75, 3.05) is 5.75 Å². The highest BCUT2D eigenvalue weighted by Gasteiger charge is 2.40. The van der Waals surface area contributed by atoms with Crippen molar-refractivity contribution in [1.82, 2.24) is 4.98 Å². The van der Waals surface area contributed by atoms with Crippen LogP contribution in [0, 0.1) is 24.2 Å². The Labute approximate surface area is 88.3 Å². The second kappa shape index (κ2) is 4.57. The number of thioether (sulfide) groups is 1. The minimum atomic E-state index is -4.50. The second-order valence-electron chi connectivity index (χ2n) is 2.79. The summed E-state index contributed by atoms with van der Waals surface area (Å²) < 4.78 is 41.3. The van der Waals surface area contributed by atoms with Gasteiger partial charge in [0.05, 0.1) is 11.8 Å². The minimum absolute atomic E-state index is 0.150. The summed E-state index contributed by atoms with van der Waals surface area (Å²) in [4.78, 5) is 3.82. The van der Waals surface area contributed by atoms with Crippen LogP contribution in [-0.4, -0.2) is 16.9 Å². The summed E-state index contributed by atoms with van der Waals surface area (Å²) >= 11 is 0.781. The van der Waals surface area contributed by atoms with Crippen molar-refractivity contribution in [3.63, 3.8) is 0 Å². The molecular weight excluding hydrogens is 229 g/mol. The molecule has 1 heterocycles. The molecule has 1 unspecified atom stereocenters. The molecule has 1 aromatic heterocycles. The third-order valence-corrected chi connectivity index (χ3v) is 2.46. The number of oxazole rings is 1. The molecular formula is C8H7F3N2OS. The Balaban J connectivity index is 2.53. The monoisotopic (exact) mass is 236 g/mol. The van der Waals surface area contributed by atoms with Crippen LogP contribution in [0.2, 0.25) is 0 Å². The largest absolute Gasteiger partial charge is 0.440 e. The second-order valence-corrected chi connectivity index (χ2v) is 3.76. The normalized spacial score (nSPS) is 13.5. The molecule has 0 saturated carbocycles. The summed E-state index contributed by atoms with van der Waals surface area (Å²) in [6, 6.07) is 1.20. The zero-order valence-corrected chi connectivity index (χ0v) is 8.52. The summed E-state index contributed by atoms with van der Waals surface area (Å²) in [5, 5.41) is 8.46. The van der Waals surface area contributed by atoms with Gasteiger partial charge in [-0.15, -0.1) is 0 Å². The van der Waals surface area contributed by atoms with Crippen molar-refractivity contribution in [1.29, 1.82) is 5.26 Å². The Kier molecular flexibility index (Phi) is 3.63. The lowest BCUT2D eigenvalue weighted by Crippen LogP contribution is -2.23. The summed E-state index contributed by atoms with van der Waals surface area (Å²) in [6.45, 7) is 1.67. The zero-order valence-electron chi connectivity index (χ0n) is 7.71. The van der Waals surface area contributed by atoms with Gasteiger partial charge in [0.15, 0.2) is 5.92 Å². The zero-order chi connectivity index (χ0) is 11.5. The molecule has 1 atom stereocenters. The molecule has 0 amide bonds. The summed E-state index contributed by atoms with van der Waals surface area (Å²) in [5.41, 5.74) is 0.595. The van der Waals surface area contributed by atoms with Crippen LogP contribution in [0.1, 0.15) is 5.69 Å². The van der Waals surface area contributed by atoms with Gasteiger partial charge >= 0.3 is 6.18 Å². The van der Waals surface area contributed by atoms with E-state index in [9.17, 15) is 13.2 Å². The molecule has 7 heteroatoms. The van der Waals surface area contributed by atoms with Gasteiger partial charge in [-0.05, 0) is 6.92 Å². The van der Waals surface area contributed by atoms with E-state index in [-0.39, 0.29) is 5.22 Å². The van der Waals surface area contributed by atoms with Crippen LogP contribution in [0.5, 0.6) is 0 Å². The maximum absolute atomic E-state index is 12.1. The third-order valence-electron chi connectivity index (χ3n) is 1.52. The van der Waals surface area contributed by atoms with Gasteiger partial charge in [-0.1, -0.05) is 11.8 Å². The highest BCUT2D eigenvalue weighted by molar-refractivity contribution is 7.99. The molecule has 0 aliphatic carbocycles. The SMILES string of the molecule is Cc1coc(SCC(C#N)C(F)(F)F)n1. The van der Waals surface area contributed by atoms with Gasteiger partial charge in [-0.25, -0.2) is 4.98 Å². The van der Waals surface area contributed by atoms with E-state index in [0.29, 0.717) is 5.69 Å². The first kappa shape index (κ1) is 11.9. The van der Waals surface area contributed by atoms with Gasteiger partial charge in [0, 0.05) is 5.75 Å². The van der Waals surface area contributed by atoms with Gasteiger partial charge in [0.1, 0.15) is 6.26 Å². The van der Waals surface area contributed by atoms with Crippen LogP contribution in [-0.2, 0) is 0 Å². The van der Waals surface area contributed by atoms with E-state index >= 15 is 0 Å². The molecule has 0 aliphatic rings. The number of halogens is 3. The van der Waals surface area contributed by atoms with E-state index in [1.807, 2.05) is 0 Å². The van der Waals surface area contributed by atoms with Crippen LogP contribution in [0.25, 0.3) is 0 Å². The molecule has 82 valence electrons. The van der Waals surface area contributed by atoms with E-state index in [2.05, 4.69) is 4.98 Å². The molecule has 0 aromatic carbocycles. The lowest BCUT2D eigenvalue weighted by molar-refractivity contribution is -0.152. The highest BCUT2D eigenvalue weighted by Crippen LogP contribution is 2.30. The smallest absolute Gasteiger partial charge is 0.405 e. The number of aromatic nitrogens is 1. The number of alkyl halides is 3. The number of rotatable bonds is 3. The number of hydrogen-bond donors (Lipinski definition) is 0. The summed E-state index contributed by atoms with van der Waals surface area (Å²) in [7, 11) is 0. The average molecular weight is 236 g/mol. The molecule has 15 heavy (non-hydrogen) atoms. The molecule has 0 bridgehead atoms. The first-order valence-corrected chi connectivity index (χ1v) is 4.93. The quantitative estimate of drug-likeness (QED) is 0.757. The van der Waals surface area contributed by atoms with E-state index in [0.717, 1.165) is 11.8 Å². The van der Waals surface area contributed by atoms with Gasteiger partial charge in [-0.2, -0.15) is 18.4 Å². The molecule has 0 radical (unpaired) electrons. The first-order valence-electron chi connectivity index (χ1n) is 3.94. The van der Waals surface area contributed by atoms with Gasteiger partial charge in [-0.3, -0.25) is 0 Å². The van der Waals surface area contributed by atoms with Gasteiger partial charge in [0.2, 0.25) is 0 Å². The maximum atomic E-state index is 12.1. The molecule has 0 spiro atoms. The molecule has 0 fully saturated rings. The van der Waals surface area contributed by atoms with Crippen LogP contribution in [0.4, 0.5) is 13.2 Å².